The molecule has 0 bridgehead atoms. The van der Waals surface area contributed by atoms with Gasteiger partial charge >= 0.3 is 0 Å². The highest BCUT2D eigenvalue weighted by Gasteiger charge is 2.26. The molecule has 2 aliphatic rings. The van der Waals surface area contributed by atoms with Crippen molar-refractivity contribution in [1.82, 2.24) is 9.80 Å². The molecule has 0 radical (unpaired) electrons. The molecule has 3 nitrogen and oxygen atoms in total. The van der Waals surface area contributed by atoms with Gasteiger partial charge in [-0.05, 0) is 42.5 Å². The Labute approximate surface area is 123 Å². The topological polar surface area (TPSA) is 32.5 Å². The maximum absolute atomic E-state index is 5.89. The van der Waals surface area contributed by atoms with E-state index in [9.17, 15) is 0 Å². The van der Waals surface area contributed by atoms with E-state index in [0.717, 1.165) is 22.6 Å². The summed E-state index contributed by atoms with van der Waals surface area (Å²) in [7, 11) is 0. The first-order valence-corrected chi connectivity index (χ1v) is 7.98. The van der Waals surface area contributed by atoms with Crippen LogP contribution in [0.5, 0.6) is 0 Å². The third kappa shape index (κ3) is 3.94. The van der Waals surface area contributed by atoms with Crippen LogP contribution in [0.2, 0.25) is 0 Å². The summed E-state index contributed by atoms with van der Waals surface area (Å²) in [6.45, 7) is 7.15. The SMILES string of the molecule is Nc1cc(Br)cc(CN2CCN(CC3CC3)CC2)c1. The highest BCUT2D eigenvalue weighted by atomic mass is 79.9. The Morgan fingerprint density at radius 3 is 2.37 bits per heavy atom. The van der Waals surface area contributed by atoms with Crippen molar-refractivity contribution in [1.29, 1.82) is 0 Å². The van der Waals surface area contributed by atoms with E-state index in [1.54, 1.807) is 0 Å². The second-order valence-electron chi connectivity index (χ2n) is 5.91. The highest BCUT2D eigenvalue weighted by Crippen LogP contribution is 2.30. The summed E-state index contributed by atoms with van der Waals surface area (Å²) in [5, 5.41) is 0. The Kier molecular flexibility index (Phi) is 4.10. The smallest absolute Gasteiger partial charge is 0.0328 e. The fourth-order valence-electron chi connectivity index (χ4n) is 2.82. The lowest BCUT2D eigenvalue weighted by Crippen LogP contribution is -2.46. The molecule has 1 heterocycles. The monoisotopic (exact) mass is 323 g/mol. The Bertz CT molecular complexity index is 417. The molecule has 2 fully saturated rings. The zero-order valence-electron chi connectivity index (χ0n) is 11.3. The van der Waals surface area contributed by atoms with E-state index in [4.69, 9.17) is 5.73 Å². The molecule has 0 unspecified atom stereocenters. The number of rotatable bonds is 4. The van der Waals surface area contributed by atoms with Gasteiger partial charge in [-0.15, -0.1) is 0 Å². The Balaban J connectivity index is 1.50. The molecule has 0 amide bonds. The summed E-state index contributed by atoms with van der Waals surface area (Å²) >= 11 is 3.51. The van der Waals surface area contributed by atoms with Gasteiger partial charge in [0, 0.05) is 49.4 Å². The first-order valence-electron chi connectivity index (χ1n) is 7.19. The zero-order valence-corrected chi connectivity index (χ0v) is 12.9. The lowest BCUT2D eigenvalue weighted by atomic mass is 10.1. The number of halogens is 1. The van der Waals surface area contributed by atoms with Crippen LogP contribution >= 0.6 is 15.9 Å². The van der Waals surface area contributed by atoms with Crippen LogP contribution < -0.4 is 5.73 Å². The largest absolute Gasteiger partial charge is 0.399 e. The van der Waals surface area contributed by atoms with Gasteiger partial charge in [-0.1, -0.05) is 15.9 Å². The lowest BCUT2D eigenvalue weighted by Gasteiger charge is -2.34. The summed E-state index contributed by atoms with van der Waals surface area (Å²) in [5.41, 5.74) is 8.04. The molecule has 0 aromatic heterocycles. The first-order chi connectivity index (χ1) is 9.19. The minimum atomic E-state index is 0.844. The fraction of sp³-hybridized carbons (Fsp3) is 0.600. The molecule has 1 aromatic carbocycles. The van der Waals surface area contributed by atoms with E-state index < -0.39 is 0 Å². The van der Waals surface area contributed by atoms with Gasteiger partial charge in [0.2, 0.25) is 0 Å². The van der Waals surface area contributed by atoms with Gasteiger partial charge in [0.25, 0.3) is 0 Å². The van der Waals surface area contributed by atoms with Crippen molar-refractivity contribution in [3.8, 4) is 0 Å². The van der Waals surface area contributed by atoms with Gasteiger partial charge in [-0.25, -0.2) is 0 Å². The Morgan fingerprint density at radius 2 is 1.74 bits per heavy atom. The van der Waals surface area contributed by atoms with Gasteiger partial charge < -0.3 is 10.6 Å². The van der Waals surface area contributed by atoms with Gasteiger partial charge in [0.15, 0.2) is 0 Å². The Hall–Kier alpha value is -0.580. The summed E-state index contributed by atoms with van der Waals surface area (Å²) in [4.78, 5) is 5.16. The number of hydrogen-bond donors (Lipinski definition) is 1. The van der Waals surface area contributed by atoms with Crippen molar-refractivity contribution in [3.05, 3.63) is 28.2 Å². The quantitative estimate of drug-likeness (QED) is 0.864. The van der Waals surface area contributed by atoms with E-state index in [2.05, 4.69) is 37.9 Å². The molecule has 1 aliphatic carbocycles. The second-order valence-corrected chi connectivity index (χ2v) is 6.83. The Morgan fingerprint density at radius 1 is 1.05 bits per heavy atom. The molecule has 0 spiro atoms. The second kappa shape index (κ2) is 5.81. The summed E-state index contributed by atoms with van der Waals surface area (Å²) in [5.74, 6) is 1.01. The summed E-state index contributed by atoms with van der Waals surface area (Å²) in [6.07, 6.45) is 2.91. The van der Waals surface area contributed by atoms with E-state index >= 15 is 0 Å². The van der Waals surface area contributed by atoms with E-state index in [1.807, 2.05) is 6.07 Å². The van der Waals surface area contributed by atoms with Gasteiger partial charge in [0.05, 0.1) is 0 Å². The molecule has 104 valence electrons. The highest BCUT2D eigenvalue weighted by molar-refractivity contribution is 9.10. The van der Waals surface area contributed by atoms with Crippen LogP contribution in [0.1, 0.15) is 18.4 Å². The third-order valence-corrected chi connectivity index (χ3v) is 4.52. The summed E-state index contributed by atoms with van der Waals surface area (Å²) in [6, 6.07) is 6.21. The van der Waals surface area contributed by atoms with Gasteiger partial charge in [-0.2, -0.15) is 0 Å². The van der Waals surface area contributed by atoms with E-state index in [-0.39, 0.29) is 0 Å². The van der Waals surface area contributed by atoms with E-state index in [0.29, 0.717) is 0 Å². The lowest BCUT2D eigenvalue weighted by molar-refractivity contribution is 0.123. The maximum Gasteiger partial charge on any atom is 0.0328 e. The van der Waals surface area contributed by atoms with E-state index in [1.165, 1.54) is 51.1 Å². The molecule has 4 heteroatoms. The predicted molar refractivity (Wildman–Crippen MR) is 83.0 cm³/mol. The van der Waals surface area contributed by atoms with Crippen LogP contribution in [0.15, 0.2) is 22.7 Å². The molecule has 1 aliphatic heterocycles. The average molecular weight is 324 g/mol. The van der Waals surface area contributed by atoms with Crippen molar-refractivity contribution in [3.63, 3.8) is 0 Å². The molecule has 1 saturated carbocycles. The molecule has 3 rings (SSSR count). The normalized spacial score (nSPS) is 21.7. The van der Waals surface area contributed by atoms with Gasteiger partial charge in [-0.3, -0.25) is 4.90 Å². The standard InChI is InChI=1S/C15H22BrN3/c16-14-7-13(8-15(17)9-14)11-19-5-3-18(4-6-19)10-12-1-2-12/h7-9,12H,1-6,10-11,17H2. The first kappa shape index (κ1) is 13.4. The molecule has 2 N–H and O–H groups in total. The number of nitrogen functional groups attached to an aromatic ring is 1. The number of piperazine rings is 1. The van der Waals surface area contributed by atoms with Crippen molar-refractivity contribution in [2.45, 2.75) is 19.4 Å². The van der Waals surface area contributed by atoms with Crippen LogP contribution in [-0.2, 0) is 6.54 Å². The summed E-state index contributed by atoms with van der Waals surface area (Å²) < 4.78 is 1.08. The minimum absolute atomic E-state index is 0.844. The fourth-order valence-corrected chi connectivity index (χ4v) is 3.38. The number of anilines is 1. The number of benzene rings is 1. The number of nitrogens with two attached hydrogens (primary N) is 1. The van der Waals surface area contributed by atoms with Crippen LogP contribution in [-0.4, -0.2) is 42.5 Å². The molecular weight excluding hydrogens is 302 g/mol. The predicted octanol–water partition coefficient (Wildman–Crippen LogP) is 2.56. The molecule has 19 heavy (non-hydrogen) atoms. The number of nitrogens with zero attached hydrogens (tertiary/aromatic N) is 2. The van der Waals surface area contributed by atoms with Gasteiger partial charge in [0.1, 0.15) is 0 Å². The molecule has 1 aromatic rings. The maximum atomic E-state index is 5.89. The third-order valence-electron chi connectivity index (χ3n) is 4.06. The van der Waals surface area contributed by atoms with Crippen LogP contribution in [0, 0.1) is 5.92 Å². The molecule has 0 atom stereocenters. The van der Waals surface area contributed by atoms with Crippen LogP contribution in [0.3, 0.4) is 0 Å². The van der Waals surface area contributed by atoms with Crippen LogP contribution in [0.25, 0.3) is 0 Å². The number of hydrogen-bond acceptors (Lipinski definition) is 3. The van der Waals surface area contributed by atoms with Crippen molar-refractivity contribution >= 4 is 21.6 Å². The molecular formula is C15H22BrN3. The van der Waals surface area contributed by atoms with Crippen molar-refractivity contribution in [2.75, 3.05) is 38.5 Å². The van der Waals surface area contributed by atoms with Crippen molar-refractivity contribution < 1.29 is 0 Å². The average Bonchev–Trinajstić information content (AvgIpc) is 3.14. The molecule has 1 saturated heterocycles. The minimum Gasteiger partial charge on any atom is -0.399 e. The van der Waals surface area contributed by atoms with Crippen molar-refractivity contribution in [2.24, 2.45) is 5.92 Å². The van der Waals surface area contributed by atoms with Crippen LogP contribution in [0.4, 0.5) is 5.69 Å². The zero-order chi connectivity index (χ0) is 13.2.